The topological polar surface area (TPSA) is 26.3 Å². The van der Waals surface area contributed by atoms with Crippen molar-refractivity contribution in [3.05, 3.63) is 35.4 Å². The van der Waals surface area contributed by atoms with E-state index in [1.807, 2.05) is 31.2 Å². The highest BCUT2D eigenvalue weighted by atomic mass is 16.5. The molecule has 0 aliphatic rings. The van der Waals surface area contributed by atoms with Crippen LogP contribution in [-0.2, 0) is 4.74 Å². The van der Waals surface area contributed by atoms with Gasteiger partial charge >= 0.3 is 5.97 Å². The molecule has 0 saturated heterocycles. The molecule has 0 bridgehead atoms. The summed E-state index contributed by atoms with van der Waals surface area (Å²) in [6, 6.07) is 7.67. The van der Waals surface area contributed by atoms with Crippen LogP contribution in [0.5, 0.6) is 0 Å². The second kappa shape index (κ2) is 5.54. The Morgan fingerprint density at radius 1 is 1.33 bits per heavy atom. The summed E-state index contributed by atoms with van der Waals surface area (Å²) >= 11 is 0. The normalized spacial score (nSPS) is 12.2. The van der Waals surface area contributed by atoms with Crippen LogP contribution in [0.2, 0.25) is 0 Å². The number of esters is 1. The lowest BCUT2D eigenvalue weighted by molar-refractivity contribution is 0.0524. The summed E-state index contributed by atoms with van der Waals surface area (Å²) in [6.07, 6.45) is 1.02. The first-order valence-corrected chi connectivity index (χ1v) is 5.46. The van der Waals surface area contributed by atoms with Crippen LogP contribution in [-0.4, -0.2) is 12.6 Å². The minimum Gasteiger partial charge on any atom is -0.462 e. The van der Waals surface area contributed by atoms with Gasteiger partial charge in [0, 0.05) is 0 Å². The standard InChI is InChI=1S/C13H18O2/c1-4-10(3)11-8-6-7-9-12(11)13(14)15-5-2/h6-10H,4-5H2,1-3H3/t10-/m1/s1. The summed E-state index contributed by atoms with van der Waals surface area (Å²) < 4.78 is 5.02. The van der Waals surface area contributed by atoms with Crippen LogP contribution in [0.4, 0.5) is 0 Å². The van der Waals surface area contributed by atoms with E-state index in [1.165, 1.54) is 0 Å². The molecule has 0 saturated carbocycles. The van der Waals surface area contributed by atoms with Gasteiger partial charge < -0.3 is 4.74 Å². The van der Waals surface area contributed by atoms with Crippen molar-refractivity contribution in [2.24, 2.45) is 0 Å². The third-order valence-corrected chi connectivity index (χ3v) is 2.60. The van der Waals surface area contributed by atoms with Crippen molar-refractivity contribution in [1.82, 2.24) is 0 Å². The molecular formula is C13H18O2. The molecule has 1 rings (SSSR count). The van der Waals surface area contributed by atoms with E-state index >= 15 is 0 Å². The molecule has 0 aliphatic carbocycles. The van der Waals surface area contributed by atoms with E-state index in [0.29, 0.717) is 18.1 Å². The molecule has 0 amide bonds. The summed E-state index contributed by atoms with van der Waals surface area (Å²) in [6.45, 7) is 6.49. The molecular weight excluding hydrogens is 188 g/mol. The summed E-state index contributed by atoms with van der Waals surface area (Å²) in [5, 5.41) is 0. The van der Waals surface area contributed by atoms with Gasteiger partial charge in [0.2, 0.25) is 0 Å². The molecule has 15 heavy (non-hydrogen) atoms. The molecule has 0 spiro atoms. The van der Waals surface area contributed by atoms with Gasteiger partial charge in [0.15, 0.2) is 0 Å². The summed E-state index contributed by atoms with van der Waals surface area (Å²) in [5.41, 5.74) is 1.78. The minimum absolute atomic E-state index is 0.214. The zero-order valence-electron chi connectivity index (χ0n) is 9.62. The first kappa shape index (κ1) is 11.8. The molecule has 1 aromatic carbocycles. The van der Waals surface area contributed by atoms with Crippen molar-refractivity contribution in [3.8, 4) is 0 Å². The van der Waals surface area contributed by atoms with Crippen LogP contribution in [0.1, 0.15) is 49.0 Å². The van der Waals surface area contributed by atoms with Crippen LogP contribution in [0.15, 0.2) is 24.3 Å². The van der Waals surface area contributed by atoms with Gasteiger partial charge in [0.05, 0.1) is 12.2 Å². The number of benzene rings is 1. The van der Waals surface area contributed by atoms with Gasteiger partial charge in [0.25, 0.3) is 0 Å². The van der Waals surface area contributed by atoms with Crippen LogP contribution < -0.4 is 0 Å². The first-order valence-electron chi connectivity index (χ1n) is 5.46. The lowest BCUT2D eigenvalue weighted by Crippen LogP contribution is -2.09. The molecule has 0 aromatic heterocycles. The Morgan fingerprint density at radius 2 is 2.00 bits per heavy atom. The average Bonchev–Trinajstić information content (AvgIpc) is 2.28. The Kier molecular flexibility index (Phi) is 4.35. The highest BCUT2D eigenvalue weighted by Crippen LogP contribution is 2.23. The van der Waals surface area contributed by atoms with E-state index in [4.69, 9.17) is 4.74 Å². The largest absolute Gasteiger partial charge is 0.462 e. The number of rotatable bonds is 4. The Hall–Kier alpha value is -1.31. The van der Waals surface area contributed by atoms with Gasteiger partial charge in [-0.15, -0.1) is 0 Å². The zero-order valence-corrected chi connectivity index (χ0v) is 9.62. The Bertz CT molecular complexity index is 331. The molecule has 0 N–H and O–H groups in total. The molecule has 1 atom stereocenters. The number of hydrogen-bond donors (Lipinski definition) is 0. The van der Waals surface area contributed by atoms with E-state index in [9.17, 15) is 4.79 Å². The van der Waals surface area contributed by atoms with Gasteiger partial charge in [-0.2, -0.15) is 0 Å². The summed E-state index contributed by atoms with van der Waals surface area (Å²) in [4.78, 5) is 11.7. The highest BCUT2D eigenvalue weighted by Gasteiger charge is 2.14. The zero-order chi connectivity index (χ0) is 11.3. The summed E-state index contributed by atoms with van der Waals surface area (Å²) in [5.74, 6) is 0.180. The molecule has 0 heterocycles. The predicted octanol–water partition coefficient (Wildman–Crippen LogP) is 3.38. The van der Waals surface area contributed by atoms with Crippen molar-refractivity contribution < 1.29 is 9.53 Å². The fourth-order valence-corrected chi connectivity index (χ4v) is 1.54. The Labute approximate surface area is 91.3 Å². The maximum Gasteiger partial charge on any atom is 0.338 e. The smallest absolute Gasteiger partial charge is 0.338 e. The monoisotopic (exact) mass is 206 g/mol. The summed E-state index contributed by atoms with van der Waals surface area (Å²) in [7, 11) is 0. The second-order valence-electron chi connectivity index (χ2n) is 3.62. The Balaban J connectivity index is 3.00. The van der Waals surface area contributed by atoms with Crippen LogP contribution in [0.3, 0.4) is 0 Å². The maximum atomic E-state index is 11.7. The molecule has 1 aromatic rings. The molecule has 2 nitrogen and oxygen atoms in total. The number of carbonyl (C=O) groups excluding carboxylic acids is 1. The number of carbonyl (C=O) groups is 1. The first-order chi connectivity index (χ1) is 7.20. The van der Waals surface area contributed by atoms with E-state index in [-0.39, 0.29) is 5.97 Å². The quantitative estimate of drug-likeness (QED) is 0.706. The lowest BCUT2D eigenvalue weighted by Gasteiger charge is -2.13. The fraction of sp³-hybridized carbons (Fsp3) is 0.462. The predicted molar refractivity (Wildman–Crippen MR) is 61.1 cm³/mol. The van der Waals surface area contributed by atoms with Gasteiger partial charge in [-0.25, -0.2) is 4.79 Å². The minimum atomic E-state index is -0.214. The SMILES string of the molecule is CCOC(=O)c1ccccc1[C@H](C)CC. The van der Waals surface area contributed by atoms with E-state index in [2.05, 4.69) is 13.8 Å². The van der Waals surface area contributed by atoms with Gasteiger partial charge in [-0.05, 0) is 30.9 Å². The van der Waals surface area contributed by atoms with Crippen molar-refractivity contribution in [3.63, 3.8) is 0 Å². The van der Waals surface area contributed by atoms with Crippen molar-refractivity contribution in [1.29, 1.82) is 0 Å². The molecule has 0 aliphatic heterocycles. The third kappa shape index (κ3) is 2.82. The van der Waals surface area contributed by atoms with Crippen LogP contribution in [0.25, 0.3) is 0 Å². The number of ether oxygens (including phenoxy) is 1. The second-order valence-corrected chi connectivity index (χ2v) is 3.62. The molecule has 0 fully saturated rings. The van der Waals surface area contributed by atoms with Crippen molar-refractivity contribution in [2.75, 3.05) is 6.61 Å². The maximum absolute atomic E-state index is 11.7. The molecule has 0 unspecified atom stereocenters. The molecule has 0 radical (unpaired) electrons. The molecule has 82 valence electrons. The van der Waals surface area contributed by atoms with E-state index in [1.54, 1.807) is 0 Å². The van der Waals surface area contributed by atoms with Gasteiger partial charge in [0.1, 0.15) is 0 Å². The third-order valence-electron chi connectivity index (χ3n) is 2.60. The highest BCUT2D eigenvalue weighted by molar-refractivity contribution is 5.91. The van der Waals surface area contributed by atoms with Crippen molar-refractivity contribution >= 4 is 5.97 Å². The average molecular weight is 206 g/mol. The fourth-order valence-electron chi connectivity index (χ4n) is 1.54. The Morgan fingerprint density at radius 3 is 2.60 bits per heavy atom. The van der Waals surface area contributed by atoms with Crippen LogP contribution in [0, 0.1) is 0 Å². The van der Waals surface area contributed by atoms with Crippen molar-refractivity contribution in [2.45, 2.75) is 33.1 Å². The lowest BCUT2D eigenvalue weighted by atomic mass is 9.94. The number of hydrogen-bond acceptors (Lipinski definition) is 2. The van der Waals surface area contributed by atoms with Gasteiger partial charge in [-0.1, -0.05) is 32.0 Å². The molecule has 2 heteroatoms. The van der Waals surface area contributed by atoms with Crippen LogP contribution >= 0.6 is 0 Å². The van der Waals surface area contributed by atoms with Gasteiger partial charge in [-0.3, -0.25) is 0 Å². The van der Waals surface area contributed by atoms with E-state index in [0.717, 1.165) is 12.0 Å². The van der Waals surface area contributed by atoms with E-state index < -0.39 is 0 Å².